The molecule has 0 spiro atoms. The third-order valence-electron chi connectivity index (χ3n) is 1.52. The van der Waals surface area contributed by atoms with Gasteiger partial charge in [0.05, 0.1) is 23.6 Å². The number of sulfonamides is 1. The summed E-state index contributed by atoms with van der Waals surface area (Å²) in [7, 11) is -3.46. The molecule has 0 atom stereocenters. The molecule has 78 valence electrons. The molecule has 0 unspecified atom stereocenters. The van der Waals surface area contributed by atoms with E-state index >= 15 is 0 Å². The van der Waals surface area contributed by atoms with Crippen molar-refractivity contribution in [3.8, 4) is 6.07 Å². The lowest BCUT2D eigenvalue weighted by molar-refractivity contribution is 0.607. The van der Waals surface area contributed by atoms with E-state index in [0.29, 0.717) is 0 Å². The molecular weight excluding hydrogens is 218 g/mol. The molecule has 0 aromatic heterocycles. The van der Waals surface area contributed by atoms with E-state index in [1.807, 2.05) is 6.07 Å². The second-order valence-corrected chi connectivity index (χ2v) is 4.56. The first-order chi connectivity index (χ1) is 6.96. The van der Waals surface area contributed by atoms with Gasteiger partial charge in [-0.25, -0.2) is 8.42 Å². The molecular formula is C8H7N3O3S. The number of nitriles is 1. The number of nitrogens with one attached hydrogen (secondary N) is 1. The average molecular weight is 225 g/mol. The van der Waals surface area contributed by atoms with Gasteiger partial charge >= 0.3 is 0 Å². The van der Waals surface area contributed by atoms with E-state index < -0.39 is 10.0 Å². The van der Waals surface area contributed by atoms with Crippen molar-refractivity contribution in [1.82, 2.24) is 0 Å². The van der Waals surface area contributed by atoms with Crippen molar-refractivity contribution in [3.05, 3.63) is 28.7 Å². The lowest BCUT2D eigenvalue weighted by Gasteiger charge is -2.05. The number of benzene rings is 1. The lowest BCUT2D eigenvalue weighted by atomic mass is 10.2. The van der Waals surface area contributed by atoms with Gasteiger partial charge in [0.25, 0.3) is 0 Å². The minimum absolute atomic E-state index is 0.0616. The van der Waals surface area contributed by atoms with Crippen LogP contribution in [0.5, 0.6) is 0 Å². The summed E-state index contributed by atoms with van der Waals surface area (Å²) < 4.78 is 23.9. The number of nitroso groups, excluding NO2 is 1. The lowest BCUT2D eigenvalue weighted by Crippen LogP contribution is -2.09. The number of rotatable bonds is 3. The van der Waals surface area contributed by atoms with Crippen LogP contribution < -0.4 is 4.72 Å². The highest BCUT2D eigenvalue weighted by Gasteiger charge is 2.08. The summed E-state index contributed by atoms with van der Waals surface area (Å²) in [6.45, 7) is 0. The van der Waals surface area contributed by atoms with Crippen LogP contribution in [0.1, 0.15) is 5.56 Å². The van der Waals surface area contributed by atoms with Gasteiger partial charge in [0, 0.05) is 0 Å². The molecule has 6 nitrogen and oxygen atoms in total. The molecule has 1 aromatic carbocycles. The standard InChI is InChI=1S/C8H7N3O3S/c1-15(13,14)11-7-3-2-6(5-9)4-8(7)10-12/h2-4,11H,1H3. The number of nitrogens with zero attached hydrogens (tertiary/aromatic N) is 2. The summed E-state index contributed by atoms with van der Waals surface area (Å²) in [4.78, 5) is 10.4. The van der Waals surface area contributed by atoms with Crippen molar-refractivity contribution in [2.24, 2.45) is 5.18 Å². The largest absolute Gasteiger partial charge is 0.281 e. The summed E-state index contributed by atoms with van der Waals surface area (Å²) >= 11 is 0. The average Bonchev–Trinajstić information content (AvgIpc) is 2.16. The van der Waals surface area contributed by atoms with E-state index in [1.54, 1.807) is 0 Å². The quantitative estimate of drug-likeness (QED) is 0.784. The first kappa shape index (κ1) is 11.1. The van der Waals surface area contributed by atoms with Crippen LogP contribution in [-0.2, 0) is 10.0 Å². The Balaban J connectivity index is 3.21. The molecule has 0 amide bonds. The van der Waals surface area contributed by atoms with E-state index in [9.17, 15) is 13.3 Å². The van der Waals surface area contributed by atoms with Gasteiger partial charge in [0.15, 0.2) is 0 Å². The minimum atomic E-state index is -3.46. The molecule has 0 heterocycles. The summed E-state index contributed by atoms with van der Waals surface area (Å²) in [5, 5.41) is 11.2. The molecule has 1 rings (SSSR count). The summed E-state index contributed by atoms with van der Waals surface area (Å²) in [6, 6.07) is 5.73. The molecule has 0 saturated heterocycles. The third-order valence-corrected chi connectivity index (χ3v) is 2.11. The van der Waals surface area contributed by atoms with Crippen molar-refractivity contribution in [1.29, 1.82) is 5.26 Å². The van der Waals surface area contributed by atoms with Crippen LogP contribution in [0, 0.1) is 16.2 Å². The maximum Gasteiger partial charge on any atom is 0.229 e. The van der Waals surface area contributed by atoms with Gasteiger partial charge in [-0.15, -0.1) is 4.91 Å². The summed E-state index contributed by atoms with van der Waals surface area (Å²) in [5.41, 5.74) is 0.189. The predicted octanol–water partition coefficient (Wildman–Crippen LogP) is 1.33. The topological polar surface area (TPSA) is 99.4 Å². The maximum absolute atomic E-state index is 10.9. The summed E-state index contributed by atoms with van der Waals surface area (Å²) in [5.74, 6) is 0. The van der Waals surface area contributed by atoms with Crippen LogP contribution in [0.4, 0.5) is 11.4 Å². The van der Waals surface area contributed by atoms with Crippen molar-refractivity contribution >= 4 is 21.4 Å². The SMILES string of the molecule is CS(=O)(=O)Nc1ccc(C#N)cc1N=O. The van der Waals surface area contributed by atoms with Gasteiger partial charge in [0.2, 0.25) is 10.0 Å². The molecule has 0 fully saturated rings. The van der Waals surface area contributed by atoms with Crippen LogP contribution in [-0.4, -0.2) is 14.7 Å². The molecule has 0 aliphatic heterocycles. The molecule has 15 heavy (non-hydrogen) atoms. The Kier molecular flexibility index (Phi) is 3.01. The zero-order valence-electron chi connectivity index (χ0n) is 7.76. The van der Waals surface area contributed by atoms with Crippen molar-refractivity contribution < 1.29 is 8.42 Å². The molecule has 0 radical (unpaired) electrons. The van der Waals surface area contributed by atoms with Gasteiger partial charge in [0.1, 0.15) is 5.69 Å². The smallest absolute Gasteiger partial charge is 0.229 e. The zero-order valence-corrected chi connectivity index (χ0v) is 8.58. The Hall–Kier alpha value is -1.94. The van der Waals surface area contributed by atoms with E-state index in [1.165, 1.54) is 18.2 Å². The minimum Gasteiger partial charge on any atom is -0.281 e. The number of hydrogen-bond acceptors (Lipinski definition) is 5. The zero-order chi connectivity index (χ0) is 11.5. The molecule has 1 aromatic rings. The molecule has 0 aliphatic carbocycles. The van der Waals surface area contributed by atoms with Gasteiger partial charge in [-0.05, 0) is 23.4 Å². The van der Waals surface area contributed by atoms with Crippen LogP contribution in [0.2, 0.25) is 0 Å². The molecule has 1 N–H and O–H groups in total. The molecule has 0 saturated carbocycles. The third kappa shape index (κ3) is 3.03. The molecule has 0 bridgehead atoms. The van der Waals surface area contributed by atoms with Crippen LogP contribution >= 0.6 is 0 Å². The van der Waals surface area contributed by atoms with Gasteiger partial charge in [-0.1, -0.05) is 0 Å². The van der Waals surface area contributed by atoms with Gasteiger partial charge < -0.3 is 0 Å². The highest BCUT2D eigenvalue weighted by Crippen LogP contribution is 2.26. The van der Waals surface area contributed by atoms with Gasteiger partial charge in [-0.3, -0.25) is 4.72 Å². The fourth-order valence-corrected chi connectivity index (χ4v) is 1.53. The second kappa shape index (κ2) is 4.06. The van der Waals surface area contributed by atoms with Crippen LogP contribution in [0.25, 0.3) is 0 Å². The Morgan fingerprint density at radius 3 is 2.60 bits per heavy atom. The second-order valence-electron chi connectivity index (χ2n) is 2.81. The van der Waals surface area contributed by atoms with E-state index in [4.69, 9.17) is 5.26 Å². The normalized spacial score (nSPS) is 10.4. The van der Waals surface area contributed by atoms with E-state index in [2.05, 4.69) is 9.90 Å². The first-order valence-corrected chi connectivity index (χ1v) is 5.70. The predicted molar refractivity (Wildman–Crippen MR) is 55.1 cm³/mol. The molecule has 0 aliphatic rings. The monoisotopic (exact) mass is 225 g/mol. The van der Waals surface area contributed by atoms with Crippen molar-refractivity contribution in [3.63, 3.8) is 0 Å². The van der Waals surface area contributed by atoms with E-state index in [0.717, 1.165) is 6.26 Å². The number of anilines is 1. The first-order valence-electron chi connectivity index (χ1n) is 3.81. The highest BCUT2D eigenvalue weighted by molar-refractivity contribution is 7.92. The molecule has 7 heteroatoms. The highest BCUT2D eigenvalue weighted by atomic mass is 32.2. The Labute approximate surface area is 86.6 Å². The van der Waals surface area contributed by atoms with Gasteiger partial charge in [-0.2, -0.15) is 5.26 Å². The summed E-state index contributed by atoms with van der Waals surface area (Å²) in [6.07, 6.45) is 0.958. The van der Waals surface area contributed by atoms with Crippen molar-refractivity contribution in [2.45, 2.75) is 0 Å². The Bertz CT molecular complexity index is 531. The fourth-order valence-electron chi connectivity index (χ4n) is 0.963. The Morgan fingerprint density at radius 1 is 1.47 bits per heavy atom. The fraction of sp³-hybridized carbons (Fsp3) is 0.125. The van der Waals surface area contributed by atoms with Crippen molar-refractivity contribution in [2.75, 3.05) is 11.0 Å². The Morgan fingerprint density at radius 2 is 2.13 bits per heavy atom. The number of hydrogen-bond donors (Lipinski definition) is 1. The van der Waals surface area contributed by atoms with Crippen LogP contribution in [0.3, 0.4) is 0 Å². The van der Waals surface area contributed by atoms with E-state index in [-0.39, 0.29) is 16.9 Å². The maximum atomic E-state index is 10.9. The van der Waals surface area contributed by atoms with Crippen LogP contribution in [0.15, 0.2) is 23.4 Å².